The van der Waals surface area contributed by atoms with Gasteiger partial charge in [-0.05, 0) is 18.8 Å². The van der Waals surface area contributed by atoms with E-state index in [1.54, 1.807) is 31.0 Å². The first-order valence-corrected chi connectivity index (χ1v) is 10.0. The first-order chi connectivity index (χ1) is 7.36. The lowest BCUT2D eigenvalue weighted by Crippen LogP contribution is -2.21. The molecular weight excluding hydrogens is 264 g/mol. The molecule has 1 aliphatic rings. The Labute approximate surface area is 106 Å². The summed E-state index contributed by atoms with van der Waals surface area (Å²) >= 11 is 3.54. The first kappa shape index (κ1) is 13.8. The van der Waals surface area contributed by atoms with Gasteiger partial charge in [-0.15, -0.1) is 0 Å². The summed E-state index contributed by atoms with van der Waals surface area (Å²) in [6, 6.07) is 4.87. The third kappa shape index (κ3) is 6.11. The molecule has 0 unspecified atom stereocenters. The second kappa shape index (κ2) is 8.80. The minimum absolute atomic E-state index is 0.111. The molecule has 0 aromatic carbocycles. The average molecular weight is 290 g/mol. The van der Waals surface area contributed by atoms with E-state index in [2.05, 4.69) is 22.9 Å². The highest BCUT2D eigenvalue weighted by Crippen LogP contribution is 2.31. The Bertz CT molecular complexity index is 141. The van der Waals surface area contributed by atoms with Crippen molar-refractivity contribution in [1.82, 2.24) is 0 Å². The van der Waals surface area contributed by atoms with E-state index in [1.165, 1.54) is 37.4 Å². The molecule has 2 heteroatoms. The van der Waals surface area contributed by atoms with E-state index >= 15 is 0 Å². The van der Waals surface area contributed by atoms with Gasteiger partial charge in [0, 0.05) is 14.1 Å². The minimum atomic E-state index is 0.111. The highest BCUT2D eigenvalue weighted by Gasteiger charge is 2.21. The number of halogens is 1. The van der Waals surface area contributed by atoms with Gasteiger partial charge in [-0.3, -0.25) is 0 Å². The Morgan fingerprint density at radius 2 is 1.87 bits per heavy atom. The summed E-state index contributed by atoms with van der Waals surface area (Å²) in [5, 5.41) is 1.21. The molecule has 1 radical (unpaired) electrons. The van der Waals surface area contributed by atoms with Crippen LogP contribution in [0.4, 0.5) is 0 Å². The summed E-state index contributed by atoms with van der Waals surface area (Å²) in [7, 11) is 0.111. The zero-order valence-electron chi connectivity index (χ0n) is 10.2. The van der Waals surface area contributed by atoms with E-state index in [-0.39, 0.29) is 8.80 Å². The monoisotopic (exact) mass is 289 g/mol. The van der Waals surface area contributed by atoms with Crippen molar-refractivity contribution in [1.29, 1.82) is 0 Å². The molecule has 89 valence electrons. The largest absolute Gasteiger partial charge is 0.0928 e. The van der Waals surface area contributed by atoms with E-state index in [0.29, 0.717) is 0 Å². The summed E-state index contributed by atoms with van der Waals surface area (Å²) in [4.78, 5) is 0. The Hall–Kier alpha value is 0.697. The van der Waals surface area contributed by atoms with Crippen LogP contribution in [0.2, 0.25) is 18.1 Å². The van der Waals surface area contributed by atoms with Crippen molar-refractivity contribution in [3.05, 3.63) is 0 Å². The molecule has 0 atom stereocenters. The lowest BCUT2D eigenvalue weighted by molar-refractivity contribution is 0.434. The maximum absolute atomic E-state index is 3.54. The molecule has 1 rings (SSSR count). The molecule has 1 heterocycles. The Morgan fingerprint density at radius 1 is 1.13 bits per heavy atom. The van der Waals surface area contributed by atoms with Crippen LogP contribution in [-0.2, 0) is 0 Å². The lowest BCUT2D eigenvalue weighted by Gasteiger charge is -2.27. The van der Waals surface area contributed by atoms with Crippen molar-refractivity contribution < 1.29 is 0 Å². The van der Waals surface area contributed by atoms with Crippen LogP contribution in [0, 0.1) is 5.92 Å². The van der Waals surface area contributed by atoms with Gasteiger partial charge in [0.2, 0.25) is 0 Å². The van der Waals surface area contributed by atoms with Crippen molar-refractivity contribution in [3.8, 4) is 0 Å². The van der Waals surface area contributed by atoms with Crippen LogP contribution < -0.4 is 0 Å². The van der Waals surface area contributed by atoms with Gasteiger partial charge in [-0.2, -0.15) is 0 Å². The van der Waals surface area contributed by atoms with Crippen LogP contribution in [0.5, 0.6) is 0 Å². The highest BCUT2D eigenvalue weighted by molar-refractivity contribution is 9.09. The maximum atomic E-state index is 3.54. The second-order valence-electron chi connectivity index (χ2n) is 4.98. The van der Waals surface area contributed by atoms with Crippen LogP contribution in [0.25, 0.3) is 0 Å². The van der Waals surface area contributed by atoms with Gasteiger partial charge in [0.15, 0.2) is 0 Å². The molecule has 0 saturated carbocycles. The van der Waals surface area contributed by atoms with E-state index in [9.17, 15) is 0 Å². The first-order valence-electron chi connectivity index (χ1n) is 6.76. The molecule has 0 spiro atoms. The van der Waals surface area contributed by atoms with Gasteiger partial charge >= 0.3 is 0 Å². The number of unbranched alkanes of at least 4 members (excludes halogenated alkanes) is 2. The molecule has 1 saturated heterocycles. The fourth-order valence-electron chi connectivity index (χ4n) is 2.62. The van der Waals surface area contributed by atoms with Gasteiger partial charge < -0.3 is 0 Å². The molecule has 0 aliphatic carbocycles. The fourth-order valence-corrected chi connectivity index (χ4v) is 6.07. The smallest absolute Gasteiger partial charge is 0.0479 e. The minimum Gasteiger partial charge on any atom is -0.0928 e. The summed E-state index contributed by atoms with van der Waals surface area (Å²) in [5.74, 6) is 1.09. The van der Waals surface area contributed by atoms with Gasteiger partial charge in [-0.1, -0.05) is 73.1 Å². The third-order valence-electron chi connectivity index (χ3n) is 3.69. The van der Waals surface area contributed by atoms with Crippen LogP contribution >= 0.6 is 15.9 Å². The van der Waals surface area contributed by atoms with E-state index in [4.69, 9.17) is 0 Å². The van der Waals surface area contributed by atoms with Crippen LogP contribution in [0.15, 0.2) is 0 Å². The van der Waals surface area contributed by atoms with Gasteiger partial charge in [0.25, 0.3) is 0 Å². The molecular formula is C13H26BrSi. The number of hydrogen-bond acceptors (Lipinski definition) is 0. The van der Waals surface area contributed by atoms with E-state index in [1.807, 2.05) is 0 Å². The van der Waals surface area contributed by atoms with Crippen LogP contribution in [0.3, 0.4) is 0 Å². The van der Waals surface area contributed by atoms with Crippen molar-refractivity contribution in [3.63, 3.8) is 0 Å². The number of alkyl halides is 1. The van der Waals surface area contributed by atoms with Crippen molar-refractivity contribution in [2.24, 2.45) is 5.92 Å². The molecule has 1 fully saturated rings. The molecule has 15 heavy (non-hydrogen) atoms. The predicted molar refractivity (Wildman–Crippen MR) is 75.5 cm³/mol. The SMILES string of the molecule is CCCCC[Si]1CCC(CCCBr)CC1. The molecule has 0 nitrogen and oxygen atoms in total. The third-order valence-corrected chi connectivity index (χ3v) is 7.31. The summed E-state index contributed by atoms with van der Waals surface area (Å²) < 4.78 is 0. The molecule has 0 aromatic rings. The predicted octanol–water partition coefficient (Wildman–Crippen LogP) is 5.26. The van der Waals surface area contributed by atoms with Crippen LogP contribution in [0.1, 0.15) is 51.9 Å². The van der Waals surface area contributed by atoms with Gasteiger partial charge in [0.1, 0.15) is 0 Å². The number of rotatable bonds is 7. The van der Waals surface area contributed by atoms with Crippen molar-refractivity contribution >= 4 is 24.7 Å². The summed E-state index contributed by atoms with van der Waals surface area (Å²) in [5.41, 5.74) is 0. The maximum Gasteiger partial charge on any atom is 0.0479 e. The zero-order chi connectivity index (χ0) is 10.9. The lowest BCUT2D eigenvalue weighted by atomic mass is 9.97. The second-order valence-corrected chi connectivity index (χ2v) is 8.77. The molecule has 0 aromatic heterocycles. The Balaban J connectivity index is 2.02. The van der Waals surface area contributed by atoms with Crippen molar-refractivity contribution in [2.45, 2.75) is 70.0 Å². The quantitative estimate of drug-likeness (QED) is 0.341. The number of hydrogen-bond donors (Lipinski definition) is 0. The average Bonchev–Trinajstić information content (AvgIpc) is 2.28. The van der Waals surface area contributed by atoms with E-state index < -0.39 is 0 Å². The standard InChI is InChI=1S/C13H26BrSi/c1-2-3-4-10-15-11-7-13(8-12-15)6-5-9-14/h13H,2-12H2,1H3. The van der Waals surface area contributed by atoms with Crippen LogP contribution in [-0.4, -0.2) is 14.1 Å². The Kier molecular flexibility index (Phi) is 8.08. The summed E-state index contributed by atoms with van der Waals surface area (Å²) in [6.45, 7) is 2.31. The van der Waals surface area contributed by atoms with Crippen molar-refractivity contribution in [2.75, 3.05) is 5.33 Å². The molecule has 1 aliphatic heterocycles. The topological polar surface area (TPSA) is 0 Å². The highest BCUT2D eigenvalue weighted by atomic mass is 79.9. The Morgan fingerprint density at radius 3 is 2.47 bits per heavy atom. The van der Waals surface area contributed by atoms with Gasteiger partial charge in [-0.25, -0.2) is 0 Å². The normalized spacial score (nSPS) is 19.6. The van der Waals surface area contributed by atoms with E-state index in [0.717, 1.165) is 5.92 Å². The molecule has 0 bridgehead atoms. The zero-order valence-corrected chi connectivity index (χ0v) is 12.8. The summed E-state index contributed by atoms with van der Waals surface area (Å²) in [6.07, 6.45) is 10.4. The molecule has 0 N–H and O–H groups in total. The molecule has 0 amide bonds. The fraction of sp³-hybridized carbons (Fsp3) is 1.00. The van der Waals surface area contributed by atoms with Gasteiger partial charge in [0.05, 0.1) is 0 Å².